The molecule has 0 aromatic carbocycles. The van der Waals surface area contributed by atoms with Crippen LogP contribution in [0.5, 0.6) is 0 Å². The van der Waals surface area contributed by atoms with Crippen LogP contribution in [0.3, 0.4) is 0 Å². The third kappa shape index (κ3) is 2.40. The number of allylic oxidation sites excluding steroid dienone is 2. The number of imide groups is 1. The molecule has 0 atom stereocenters. The summed E-state index contributed by atoms with van der Waals surface area (Å²) in [4.78, 5) is 24.3. The normalized spacial score (nSPS) is 17.8. The molecule has 1 N–H and O–H groups in total. The van der Waals surface area contributed by atoms with Gasteiger partial charge in [0.25, 0.3) is 5.91 Å². The first kappa shape index (κ1) is 11.9. The average molecular weight is 244 g/mol. The van der Waals surface area contributed by atoms with Crippen LogP contribution in [0.1, 0.15) is 5.76 Å². The lowest BCUT2D eigenvalue weighted by Crippen LogP contribution is -2.30. The molecule has 2 heterocycles. The van der Waals surface area contributed by atoms with Gasteiger partial charge in [-0.3, -0.25) is 9.69 Å². The highest BCUT2D eigenvalue weighted by Crippen LogP contribution is 2.10. The van der Waals surface area contributed by atoms with Crippen molar-refractivity contribution in [3.05, 3.63) is 54.7 Å². The second kappa shape index (κ2) is 5.18. The number of nitrogens with one attached hydrogen (secondary N) is 1. The van der Waals surface area contributed by atoms with Crippen LogP contribution in [0.4, 0.5) is 4.79 Å². The molecule has 0 radical (unpaired) electrons. The predicted molar refractivity (Wildman–Crippen MR) is 66.3 cm³/mol. The number of nitrogens with zero attached hydrogens (tertiary/aromatic N) is 1. The topological polar surface area (TPSA) is 62.6 Å². The molecular formula is C13H12N2O3. The van der Waals surface area contributed by atoms with Crippen LogP contribution in [0.15, 0.2) is 53.3 Å². The maximum Gasteiger partial charge on any atom is 0.329 e. The van der Waals surface area contributed by atoms with Crippen LogP contribution in [0, 0.1) is 0 Å². The van der Waals surface area contributed by atoms with E-state index in [-0.39, 0.29) is 18.1 Å². The van der Waals surface area contributed by atoms with E-state index in [1.165, 1.54) is 12.2 Å². The number of furan rings is 1. The average Bonchev–Trinajstić information content (AvgIpc) is 2.94. The van der Waals surface area contributed by atoms with Crippen molar-refractivity contribution in [2.24, 2.45) is 0 Å². The monoisotopic (exact) mass is 244 g/mol. The third-order valence-corrected chi connectivity index (χ3v) is 2.34. The van der Waals surface area contributed by atoms with Crippen molar-refractivity contribution in [2.75, 3.05) is 6.54 Å². The molecule has 5 nitrogen and oxygen atoms in total. The molecule has 5 heteroatoms. The van der Waals surface area contributed by atoms with Gasteiger partial charge in [-0.15, -0.1) is 6.58 Å². The van der Waals surface area contributed by atoms with Gasteiger partial charge in [0.05, 0.1) is 6.26 Å². The van der Waals surface area contributed by atoms with Crippen LogP contribution in [0.2, 0.25) is 0 Å². The molecule has 0 spiro atoms. The molecule has 1 aliphatic heterocycles. The summed E-state index contributed by atoms with van der Waals surface area (Å²) < 4.78 is 5.09. The van der Waals surface area contributed by atoms with Crippen molar-refractivity contribution >= 4 is 18.0 Å². The Labute approximate surface area is 104 Å². The van der Waals surface area contributed by atoms with Crippen LogP contribution in [-0.2, 0) is 4.79 Å². The highest BCUT2D eigenvalue weighted by Gasteiger charge is 2.31. The van der Waals surface area contributed by atoms with Crippen LogP contribution in [0.25, 0.3) is 6.08 Å². The summed E-state index contributed by atoms with van der Waals surface area (Å²) in [5, 5.41) is 2.49. The highest BCUT2D eigenvalue weighted by atomic mass is 16.3. The van der Waals surface area contributed by atoms with E-state index in [4.69, 9.17) is 4.42 Å². The quantitative estimate of drug-likeness (QED) is 0.500. The molecule has 92 valence electrons. The summed E-state index contributed by atoms with van der Waals surface area (Å²) in [5.41, 5.74) is 0.240. The van der Waals surface area contributed by atoms with E-state index >= 15 is 0 Å². The number of hydrogen-bond acceptors (Lipinski definition) is 3. The van der Waals surface area contributed by atoms with E-state index in [9.17, 15) is 9.59 Å². The molecule has 1 fully saturated rings. The standard InChI is InChI=1S/C13H12N2O3/c1-2-8-15-12(16)11(14-13(15)17)7-3-5-10-6-4-9-18-10/h2-7,9H,1,8H2,(H,14,17)/b5-3+,11-7+. The van der Waals surface area contributed by atoms with E-state index in [0.29, 0.717) is 5.76 Å². The molecule has 0 saturated carbocycles. The summed E-state index contributed by atoms with van der Waals surface area (Å²) in [5.74, 6) is 0.315. The van der Waals surface area contributed by atoms with Gasteiger partial charge < -0.3 is 9.73 Å². The largest absolute Gasteiger partial charge is 0.465 e. The lowest BCUT2D eigenvalue weighted by Gasteiger charge is -2.06. The predicted octanol–water partition coefficient (Wildman–Crippen LogP) is 1.91. The first-order chi connectivity index (χ1) is 8.72. The number of hydrogen-bond donors (Lipinski definition) is 1. The van der Waals surface area contributed by atoms with Gasteiger partial charge in [-0.1, -0.05) is 12.2 Å². The molecule has 0 aliphatic carbocycles. The Kier molecular flexibility index (Phi) is 3.43. The zero-order valence-electron chi connectivity index (χ0n) is 9.63. The minimum Gasteiger partial charge on any atom is -0.465 e. The van der Waals surface area contributed by atoms with E-state index in [1.807, 2.05) is 0 Å². The Bertz CT molecular complexity index is 526. The van der Waals surface area contributed by atoms with E-state index in [1.54, 1.807) is 30.5 Å². The molecule has 18 heavy (non-hydrogen) atoms. The molecule has 0 unspecified atom stereocenters. The number of amides is 3. The second-order valence-corrected chi connectivity index (χ2v) is 3.59. The van der Waals surface area contributed by atoms with Gasteiger partial charge in [-0.05, 0) is 24.3 Å². The molecule has 3 amide bonds. The third-order valence-electron chi connectivity index (χ3n) is 2.34. The van der Waals surface area contributed by atoms with Crippen molar-refractivity contribution in [2.45, 2.75) is 0 Å². The van der Waals surface area contributed by atoms with Crippen LogP contribution >= 0.6 is 0 Å². The number of carbonyl (C=O) groups excluding carboxylic acids is 2. The van der Waals surface area contributed by atoms with Crippen molar-refractivity contribution in [3.63, 3.8) is 0 Å². The summed E-state index contributed by atoms with van der Waals surface area (Å²) in [7, 11) is 0. The highest BCUT2D eigenvalue weighted by molar-refractivity contribution is 6.11. The fourth-order valence-corrected chi connectivity index (χ4v) is 1.51. The smallest absolute Gasteiger partial charge is 0.329 e. The number of rotatable bonds is 4. The Morgan fingerprint density at radius 1 is 1.44 bits per heavy atom. The van der Waals surface area contributed by atoms with Crippen molar-refractivity contribution in [1.29, 1.82) is 0 Å². The van der Waals surface area contributed by atoms with Crippen molar-refractivity contribution < 1.29 is 14.0 Å². The van der Waals surface area contributed by atoms with Gasteiger partial charge in [0.15, 0.2) is 0 Å². The molecule has 2 rings (SSSR count). The SMILES string of the molecule is C=CCN1C(=O)N/C(=C/C=C/c2ccco2)C1=O. The Hall–Kier alpha value is -2.56. The van der Waals surface area contributed by atoms with E-state index in [0.717, 1.165) is 4.90 Å². The van der Waals surface area contributed by atoms with Gasteiger partial charge in [0, 0.05) is 6.54 Å². The molecule has 0 bridgehead atoms. The lowest BCUT2D eigenvalue weighted by molar-refractivity contribution is -0.122. The van der Waals surface area contributed by atoms with Gasteiger partial charge in [0.1, 0.15) is 11.5 Å². The van der Waals surface area contributed by atoms with Crippen LogP contribution < -0.4 is 5.32 Å². The molecule has 1 aromatic rings. The first-order valence-corrected chi connectivity index (χ1v) is 5.38. The molecular weight excluding hydrogens is 232 g/mol. The maximum absolute atomic E-state index is 11.8. The van der Waals surface area contributed by atoms with E-state index < -0.39 is 6.03 Å². The van der Waals surface area contributed by atoms with Crippen molar-refractivity contribution in [1.82, 2.24) is 10.2 Å². The number of urea groups is 1. The summed E-state index contributed by atoms with van der Waals surface area (Å²) in [6, 6.07) is 3.12. The van der Waals surface area contributed by atoms with Gasteiger partial charge in [-0.25, -0.2) is 4.79 Å². The molecule has 1 saturated heterocycles. The first-order valence-electron chi connectivity index (χ1n) is 5.38. The Morgan fingerprint density at radius 2 is 2.28 bits per heavy atom. The summed E-state index contributed by atoms with van der Waals surface area (Å²) >= 11 is 0. The zero-order valence-corrected chi connectivity index (χ0v) is 9.63. The van der Waals surface area contributed by atoms with Crippen molar-refractivity contribution in [3.8, 4) is 0 Å². The number of carbonyl (C=O) groups is 2. The second-order valence-electron chi connectivity index (χ2n) is 3.59. The van der Waals surface area contributed by atoms with Gasteiger partial charge in [0.2, 0.25) is 0 Å². The summed E-state index contributed by atoms with van der Waals surface area (Å²) in [6.07, 6.45) is 7.93. The maximum atomic E-state index is 11.8. The van der Waals surface area contributed by atoms with Gasteiger partial charge >= 0.3 is 6.03 Å². The zero-order chi connectivity index (χ0) is 13.0. The fraction of sp³-hybridized carbons (Fsp3) is 0.0769. The van der Waals surface area contributed by atoms with Crippen LogP contribution in [-0.4, -0.2) is 23.4 Å². The lowest BCUT2D eigenvalue weighted by atomic mass is 10.3. The summed E-state index contributed by atoms with van der Waals surface area (Å²) in [6.45, 7) is 3.69. The fourth-order valence-electron chi connectivity index (χ4n) is 1.51. The molecule has 1 aromatic heterocycles. The Balaban J connectivity index is 2.08. The molecule has 1 aliphatic rings. The van der Waals surface area contributed by atoms with Gasteiger partial charge in [-0.2, -0.15) is 0 Å². The minimum atomic E-state index is -0.433. The Morgan fingerprint density at radius 3 is 2.94 bits per heavy atom. The van der Waals surface area contributed by atoms with E-state index in [2.05, 4.69) is 11.9 Å². The minimum absolute atomic E-state index is 0.198.